The van der Waals surface area contributed by atoms with E-state index in [4.69, 9.17) is 4.74 Å². The van der Waals surface area contributed by atoms with Crippen LogP contribution in [0.4, 0.5) is 0 Å². The van der Waals surface area contributed by atoms with Crippen molar-refractivity contribution >= 4 is 23.6 Å². The summed E-state index contributed by atoms with van der Waals surface area (Å²) in [4.78, 5) is 16.1. The minimum absolute atomic E-state index is 0.107. The molecule has 2 aliphatic heterocycles. The molecule has 1 atom stereocenters. The van der Waals surface area contributed by atoms with Crippen molar-refractivity contribution in [1.29, 1.82) is 0 Å². The molecule has 0 radical (unpaired) electrons. The summed E-state index contributed by atoms with van der Waals surface area (Å²) in [6, 6.07) is 3.79. The number of pyridine rings is 1. The molecule has 0 aromatic carbocycles. The zero-order valence-corrected chi connectivity index (χ0v) is 14.3. The number of ether oxygens (including phenoxy) is 1. The van der Waals surface area contributed by atoms with Gasteiger partial charge in [0.15, 0.2) is 0 Å². The molecule has 24 heavy (non-hydrogen) atoms. The Morgan fingerprint density at radius 3 is 3.00 bits per heavy atom. The van der Waals surface area contributed by atoms with Crippen molar-refractivity contribution in [3.8, 4) is 5.69 Å². The molecule has 1 unspecified atom stereocenters. The summed E-state index contributed by atoms with van der Waals surface area (Å²) >= 11 is 1.77. The highest BCUT2D eigenvalue weighted by molar-refractivity contribution is 7.99. The first-order valence-electron chi connectivity index (χ1n) is 7.72. The van der Waals surface area contributed by atoms with E-state index in [1.54, 1.807) is 28.8 Å². The van der Waals surface area contributed by atoms with Gasteiger partial charge >= 0.3 is 0 Å². The Hall–Kier alpha value is -2.35. The van der Waals surface area contributed by atoms with Gasteiger partial charge in [-0.1, -0.05) is 0 Å². The fourth-order valence-electron chi connectivity index (χ4n) is 2.97. The normalized spacial score (nSPS) is 22.8. The van der Waals surface area contributed by atoms with E-state index in [1.165, 1.54) is 11.9 Å². The number of rotatable bonds is 2. The monoisotopic (exact) mass is 343 g/mol. The molecule has 0 N–H and O–H groups in total. The molecule has 2 aliphatic rings. The molecule has 7 nitrogen and oxygen atoms in total. The Morgan fingerprint density at radius 2 is 2.33 bits per heavy atom. The number of carbonyl (C=O) groups is 1. The van der Waals surface area contributed by atoms with Gasteiger partial charge in [0.1, 0.15) is 0 Å². The third-order valence-corrected chi connectivity index (χ3v) is 5.31. The number of nitrogens with zero attached hydrogens (tertiary/aromatic N) is 5. The standard InChI is InChI=1S/C16H17N5O2S/c1-11-14(9-20(18-11)13-4-3-6-17-8-13)15-19-21(12(2)22)16(23-15)5-7-24-10-16/h3-4,6,8-9H,5,7,10H2,1-2H3. The summed E-state index contributed by atoms with van der Waals surface area (Å²) in [6.45, 7) is 3.42. The van der Waals surface area contributed by atoms with Crippen LogP contribution in [0.1, 0.15) is 24.6 Å². The molecule has 1 saturated heterocycles. The summed E-state index contributed by atoms with van der Waals surface area (Å²) in [5.74, 6) is 2.04. The molecule has 0 saturated carbocycles. The molecule has 4 heterocycles. The van der Waals surface area contributed by atoms with Gasteiger partial charge in [-0.05, 0) is 24.8 Å². The average molecular weight is 343 g/mol. The molecular formula is C16H17N5O2S. The lowest BCUT2D eigenvalue weighted by atomic mass is 10.2. The highest BCUT2D eigenvalue weighted by atomic mass is 32.2. The maximum Gasteiger partial charge on any atom is 0.244 e. The molecular weight excluding hydrogens is 326 g/mol. The van der Waals surface area contributed by atoms with Gasteiger partial charge in [-0.25, -0.2) is 4.68 Å². The van der Waals surface area contributed by atoms with Crippen LogP contribution in [-0.4, -0.2) is 48.8 Å². The highest BCUT2D eigenvalue weighted by Crippen LogP contribution is 2.39. The Morgan fingerprint density at radius 1 is 1.46 bits per heavy atom. The van der Waals surface area contributed by atoms with Crippen molar-refractivity contribution < 1.29 is 9.53 Å². The smallest absolute Gasteiger partial charge is 0.244 e. The van der Waals surface area contributed by atoms with E-state index in [9.17, 15) is 4.79 Å². The van der Waals surface area contributed by atoms with Crippen LogP contribution in [0.25, 0.3) is 5.69 Å². The quantitative estimate of drug-likeness (QED) is 0.833. The number of aromatic nitrogens is 3. The maximum atomic E-state index is 12.0. The van der Waals surface area contributed by atoms with Crippen LogP contribution in [0.3, 0.4) is 0 Å². The largest absolute Gasteiger partial charge is 0.446 e. The van der Waals surface area contributed by atoms with Gasteiger partial charge in [0, 0.05) is 25.7 Å². The van der Waals surface area contributed by atoms with Gasteiger partial charge in [-0.3, -0.25) is 9.78 Å². The minimum Gasteiger partial charge on any atom is -0.446 e. The third kappa shape index (κ3) is 2.37. The first-order chi connectivity index (χ1) is 11.6. The second-order valence-electron chi connectivity index (χ2n) is 5.87. The number of hydrogen-bond acceptors (Lipinski definition) is 6. The van der Waals surface area contributed by atoms with Crippen molar-refractivity contribution in [3.05, 3.63) is 42.0 Å². The van der Waals surface area contributed by atoms with Gasteiger partial charge in [-0.2, -0.15) is 21.9 Å². The predicted octanol–water partition coefficient (Wildman–Crippen LogP) is 1.95. The minimum atomic E-state index is -0.644. The molecule has 8 heteroatoms. The average Bonchev–Trinajstić information content (AvgIpc) is 3.28. The van der Waals surface area contributed by atoms with Gasteiger partial charge < -0.3 is 4.74 Å². The van der Waals surface area contributed by atoms with Gasteiger partial charge in [0.2, 0.25) is 17.5 Å². The molecule has 0 aliphatic carbocycles. The van der Waals surface area contributed by atoms with E-state index < -0.39 is 5.72 Å². The van der Waals surface area contributed by atoms with Crippen LogP contribution in [0.15, 0.2) is 35.8 Å². The van der Waals surface area contributed by atoms with Crippen LogP contribution in [0.5, 0.6) is 0 Å². The number of hydrogen-bond donors (Lipinski definition) is 0. The lowest BCUT2D eigenvalue weighted by Gasteiger charge is -2.29. The van der Waals surface area contributed by atoms with Crippen molar-refractivity contribution in [1.82, 2.24) is 19.8 Å². The highest BCUT2D eigenvalue weighted by Gasteiger charge is 2.50. The predicted molar refractivity (Wildman–Crippen MR) is 90.9 cm³/mol. The van der Waals surface area contributed by atoms with Crippen LogP contribution in [0.2, 0.25) is 0 Å². The van der Waals surface area contributed by atoms with E-state index in [1.807, 2.05) is 25.3 Å². The zero-order chi connectivity index (χ0) is 16.7. The second kappa shape index (κ2) is 5.62. The molecule has 2 aromatic rings. The Kier molecular flexibility index (Phi) is 3.56. The van der Waals surface area contributed by atoms with E-state index in [0.29, 0.717) is 5.90 Å². The molecule has 124 valence electrons. The third-order valence-electron chi connectivity index (χ3n) is 4.17. The molecule has 0 bridgehead atoms. The number of hydrazone groups is 1. The van der Waals surface area contributed by atoms with E-state index >= 15 is 0 Å². The topological polar surface area (TPSA) is 72.6 Å². The fraction of sp³-hybridized carbons (Fsp3) is 0.375. The first kappa shape index (κ1) is 15.2. The summed E-state index contributed by atoms with van der Waals surface area (Å²) in [5, 5.41) is 10.5. The van der Waals surface area contributed by atoms with E-state index in [2.05, 4.69) is 15.2 Å². The first-order valence-corrected chi connectivity index (χ1v) is 8.88. The van der Waals surface area contributed by atoms with Gasteiger partial charge in [-0.15, -0.1) is 5.10 Å². The van der Waals surface area contributed by atoms with Crippen molar-refractivity contribution in [2.75, 3.05) is 11.5 Å². The van der Waals surface area contributed by atoms with Crippen molar-refractivity contribution in [3.63, 3.8) is 0 Å². The van der Waals surface area contributed by atoms with Crippen LogP contribution < -0.4 is 0 Å². The Balaban J connectivity index is 1.71. The molecule has 2 aromatic heterocycles. The number of thioether (sulfide) groups is 1. The lowest BCUT2D eigenvalue weighted by molar-refractivity contribution is -0.143. The molecule has 1 fully saturated rings. The van der Waals surface area contributed by atoms with E-state index in [-0.39, 0.29) is 5.91 Å². The number of amides is 1. The molecule has 1 spiro atoms. The van der Waals surface area contributed by atoms with Crippen molar-refractivity contribution in [2.45, 2.75) is 26.0 Å². The van der Waals surface area contributed by atoms with Crippen LogP contribution in [-0.2, 0) is 9.53 Å². The van der Waals surface area contributed by atoms with Crippen LogP contribution in [0, 0.1) is 6.92 Å². The van der Waals surface area contributed by atoms with Gasteiger partial charge in [0.25, 0.3) is 0 Å². The fourth-order valence-corrected chi connectivity index (χ4v) is 4.22. The van der Waals surface area contributed by atoms with Gasteiger partial charge in [0.05, 0.1) is 28.9 Å². The molecule has 1 amide bonds. The Labute approximate surface area is 143 Å². The summed E-state index contributed by atoms with van der Waals surface area (Å²) < 4.78 is 7.91. The lowest BCUT2D eigenvalue weighted by Crippen LogP contribution is -2.46. The summed E-state index contributed by atoms with van der Waals surface area (Å²) in [6.07, 6.45) is 6.10. The number of aryl methyl sites for hydroxylation is 1. The zero-order valence-electron chi connectivity index (χ0n) is 13.5. The summed E-state index contributed by atoms with van der Waals surface area (Å²) in [5.41, 5.74) is 1.80. The van der Waals surface area contributed by atoms with Crippen molar-refractivity contribution in [2.24, 2.45) is 5.10 Å². The number of carbonyl (C=O) groups excluding carboxylic acids is 1. The molecule has 4 rings (SSSR count). The Bertz CT molecular complexity index is 811. The summed E-state index contributed by atoms with van der Waals surface area (Å²) in [7, 11) is 0. The van der Waals surface area contributed by atoms with E-state index in [0.717, 1.165) is 34.9 Å². The van der Waals surface area contributed by atoms with Crippen LogP contribution >= 0.6 is 11.8 Å². The second-order valence-corrected chi connectivity index (χ2v) is 6.98. The SMILES string of the molecule is CC(=O)N1N=C(c2cn(-c3cccnc3)nc2C)OC12CCSC2. The maximum absolute atomic E-state index is 12.0.